The van der Waals surface area contributed by atoms with E-state index in [0.29, 0.717) is 23.3 Å². The van der Waals surface area contributed by atoms with Crippen LogP contribution in [0.4, 0.5) is 0 Å². The summed E-state index contributed by atoms with van der Waals surface area (Å²) in [5, 5.41) is 11.6. The quantitative estimate of drug-likeness (QED) is 0.483. The molecule has 2 heterocycles. The fourth-order valence-electron chi connectivity index (χ4n) is 2.93. The Hall–Kier alpha value is -3.88. The molecule has 2 N–H and O–H groups in total. The molecule has 0 radical (unpaired) electrons. The number of carbonyl (C=O) groups is 1. The van der Waals surface area contributed by atoms with E-state index < -0.39 is 0 Å². The molecule has 0 fully saturated rings. The molecule has 4 rings (SSSR count). The van der Waals surface area contributed by atoms with Gasteiger partial charge in [0.1, 0.15) is 23.6 Å². The van der Waals surface area contributed by atoms with Crippen molar-refractivity contribution in [3.63, 3.8) is 0 Å². The van der Waals surface area contributed by atoms with E-state index in [4.69, 9.17) is 13.9 Å². The van der Waals surface area contributed by atoms with Gasteiger partial charge in [0.2, 0.25) is 5.89 Å². The molecule has 0 aliphatic rings. The van der Waals surface area contributed by atoms with Crippen molar-refractivity contribution in [2.45, 2.75) is 26.5 Å². The molecule has 9 heteroatoms. The Labute approximate surface area is 172 Å². The number of benzene rings is 2. The van der Waals surface area contributed by atoms with Crippen LogP contribution in [0.15, 0.2) is 47.1 Å². The summed E-state index contributed by atoms with van der Waals surface area (Å²) < 4.78 is 16.4. The number of H-pyrrole nitrogens is 1. The summed E-state index contributed by atoms with van der Waals surface area (Å²) in [7, 11) is 1.63. The van der Waals surface area contributed by atoms with Crippen LogP contribution in [-0.4, -0.2) is 33.2 Å². The number of methoxy groups -OCH3 is 1. The zero-order valence-corrected chi connectivity index (χ0v) is 16.8. The third kappa shape index (κ3) is 4.24. The van der Waals surface area contributed by atoms with Crippen LogP contribution in [0.5, 0.6) is 11.5 Å². The molecule has 0 aliphatic heterocycles. The average Bonchev–Trinajstić information content (AvgIpc) is 3.41. The largest absolute Gasteiger partial charge is 0.497 e. The second-order valence-corrected chi connectivity index (χ2v) is 6.76. The monoisotopic (exact) mass is 407 g/mol. The maximum absolute atomic E-state index is 12.4. The van der Waals surface area contributed by atoms with Gasteiger partial charge in [-0.3, -0.25) is 9.89 Å². The first-order valence-corrected chi connectivity index (χ1v) is 9.36. The van der Waals surface area contributed by atoms with Crippen LogP contribution in [0.25, 0.3) is 10.8 Å². The molecule has 1 unspecified atom stereocenters. The molecular formula is C21H21N5O4. The molecule has 0 bridgehead atoms. The van der Waals surface area contributed by atoms with Gasteiger partial charge in [-0.1, -0.05) is 12.1 Å². The summed E-state index contributed by atoms with van der Waals surface area (Å²) in [4.78, 5) is 20.8. The van der Waals surface area contributed by atoms with Gasteiger partial charge in [0, 0.05) is 0 Å². The molecule has 4 aromatic rings. The molecule has 9 nitrogen and oxygen atoms in total. The Morgan fingerprint density at radius 1 is 1.17 bits per heavy atom. The van der Waals surface area contributed by atoms with Crippen LogP contribution in [0, 0.1) is 6.92 Å². The second kappa shape index (κ2) is 8.24. The zero-order valence-electron chi connectivity index (χ0n) is 16.8. The van der Waals surface area contributed by atoms with Gasteiger partial charge in [-0.05, 0) is 48.9 Å². The number of amides is 1. The molecule has 1 amide bonds. The number of hydrogen-bond acceptors (Lipinski definition) is 7. The third-order valence-corrected chi connectivity index (χ3v) is 4.51. The van der Waals surface area contributed by atoms with Crippen molar-refractivity contribution in [2.75, 3.05) is 7.11 Å². The van der Waals surface area contributed by atoms with Gasteiger partial charge in [0.15, 0.2) is 18.1 Å². The number of fused-ring (bicyclic) bond motifs is 1. The molecule has 0 aliphatic carbocycles. The Kier molecular flexibility index (Phi) is 5.34. The summed E-state index contributed by atoms with van der Waals surface area (Å²) in [5.41, 5.74) is 0.163. The van der Waals surface area contributed by atoms with E-state index in [0.717, 1.165) is 16.5 Å². The van der Waals surface area contributed by atoms with E-state index in [9.17, 15) is 4.79 Å². The van der Waals surface area contributed by atoms with Crippen LogP contribution in [0.3, 0.4) is 0 Å². The van der Waals surface area contributed by atoms with E-state index in [2.05, 4.69) is 25.5 Å². The van der Waals surface area contributed by atoms with Crippen molar-refractivity contribution in [3.8, 4) is 11.5 Å². The molecule has 2 aromatic heterocycles. The molecule has 1 atom stereocenters. The van der Waals surface area contributed by atoms with E-state index in [-0.39, 0.29) is 24.2 Å². The van der Waals surface area contributed by atoms with E-state index in [1.54, 1.807) is 21.0 Å². The van der Waals surface area contributed by atoms with Gasteiger partial charge in [-0.25, -0.2) is 9.97 Å². The number of aromatic nitrogens is 4. The van der Waals surface area contributed by atoms with Crippen molar-refractivity contribution in [3.05, 3.63) is 65.9 Å². The molecular weight excluding hydrogens is 386 g/mol. The Morgan fingerprint density at radius 2 is 1.93 bits per heavy atom. The first-order valence-electron chi connectivity index (χ1n) is 9.36. The summed E-state index contributed by atoms with van der Waals surface area (Å²) in [6, 6.07) is 11.2. The second-order valence-electron chi connectivity index (χ2n) is 6.76. The fraction of sp³-hybridized carbons (Fsp3) is 0.238. The molecule has 0 spiro atoms. The summed E-state index contributed by atoms with van der Waals surface area (Å²) in [6.07, 6.45) is 1.30. The third-order valence-electron chi connectivity index (χ3n) is 4.51. The first kappa shape index (κ1) is 19.4. The topological polar surface area (TPSA) is 115 Å². The number of rotatable bonds is 7. The van der Waals surface area contributed by atoms with E-state index in [1.165, 1.54) is 6.26 Å². The zero-order chi connectivity index (χ0) is 21.1. The van der Waals surface area contributed by atoms with Gasteiger partial charge in [0.05, 0.1) is 13.2 Å². The van der Waals surface area contributed by atoms with Gasteiger partial charge < -0.3 is 19.2 Å². The molecule has 0 saturated carbocycles. The van der Waals surface area contributed by atoms with Gasteiger partial charge in [0.25, 0.3) is 5.91 Å². The van der Waals surface area contributed by atoms with Gasteiger partial charge in [-0.15, -0.1) is 0 Å². The number of nitrogens with one attached hydrogen (secondary N) is 2. The maximum Gasteiger partial charge on any atom is 0.273 e. The number of ether oxygens (including phenoxy) is 2. The molecule has 30 heavy (non-hydrogen) atoms. The van der Waals surface area contributed by atoms with Gasteiger partial charge >= 0.3 is 0 Å². The number of hydrogen-bond donors (Lipinski definition) is 2. The van der Waals surface area contributed by atoms with Gasteiger partial charge in [-0.2, -0.15) is 5.10 Å². The Morgan fingerprint density at radius 3 is 2.67 bits per heavy atom. The smallest absolute Gasteiger partial charge is 0.273 e. The number of aromatic amines is 1. The number of nitrogens with zero attached hydrogens (tertiary/aromatic N) is 3. The Bertz CT molecular complexity index is 1180. The number of aryl methyl sites for hydroxylation is 1. The van der Waals surface area contributed by atoms with Crippen LogP contribution in [0.2, 0.25) is 0 Å². The average molecular weight is 407 g/mol. The Balaban J connectivity index is 1.38. The predicted octanol–water partition coefficient (Wildman–Crippen LogP) is 3.33. The normalized spacial score (nSPS) is 12.0. The first-order chi connectivity index (χ1) is 14.5. The van der Waals surface area contributed by atoms with E-state index >= 15 is 0 Å². The lowest BCUT2D eigenvalue weighted by atomic mass is 10.1. The minimum Gasteiger partial charge on any atom is -0.497 e. The fourth-order valence-corrected chi connectivity index (χ4v) is 2.93. The molecule has 2 aromatic carbocycles. The standard InChI is InChI=1S/C21H21N5O4/c1-12(20-23-13(2)25-26-20)22-21(27)18-10-30-19(24-18)11-29-17-7-5-14-4-6-16(28-3)8-15(14)9-17/h4-10,12H,11H2,1-3H3,(H,22,27)(H,23,25,26). The number of oxazole rings is 1. The maximum atomic E-state index is 12.4. The molecule has 0 saturated heterocycles. The lowest BCUT2D eigenvalue weighted by molar-refractivity contribution is 0.0933. The van der Waals surface area contributed by atoms with Crippen LogP contribution < -0.4 is 14.8 Å². The highest BCUT2D eigenvalue weighted by molar-refractivity contribution is 5.92. The van der Waals surface area contributed by atoms with Crippen molar-refractivity contribution in [1.82, 2.24) is 25.5 Å². The van der Waals surface area contributed by atoms with Crippen molar-refractivity contribution in [1.29, 1.82) is 0 Å². The summed E-state index contributed by atoms with van der Waals surface area (Å²) in [5.74, 6) is 2.54. The van der Waals surface area contributed by atoms with Crippen LogP contribution >= 0.6 is 0 Å². The number of carbonyl (C=O) groups excluding carboxylic acids is 1. The highest BCUT2D eigenvalue weighted by Crippen LogP contribution is 2.25. The lowest BCUT2D eigenvalue weighted by Crippen LogP contribution is -2.27. The predicted molar refractivity (Wildman–Crippen MR) is 108 cm³/mol. The SMILES string of the molecule is COc1ccc2ccc(OCc3nc(C(=O)NC(C)c4n[nH]c(C)n4)co3)cc2c1. The highest BCUT2D eigenvalue weighted by Gasteiger charge is 2.18. The minimum absolute atomic E-state index is 0.0957. The summed E-state index contributed by atoms with van der Waals surface area (Å²) in [6.45, 7) is 3.68. The van der Waals surface area contributed by atoms with Crippen LogP contribution in [-0.2, 0) is 6.61 Å². The van der Waals surface area contributed by atoms with Crippen molar-refractivity contribution in [2.24, 2.45) is 0 Å². The van der Waals surface area contributed by atoms with E-state index in [1.807, 2.05) is 36.4 Å². The van der Waals surface area contributed by atoms with Crippen molar-refractivity contribution < 1.29 is 18.7 Å². The minimum atomic E-state index is -0.377. The molecule has 154 valence electrons. The highest BCUT2D eigenvalue weighted by atomic mass is 16.5. The van der Waals surface area contributed by atoms with Crippen LogP contribution in [0.1, 0.15) is 41.0 Å². The summed E-state index contributed by atoms with van der Waals surface area (Å²) >= 11 is 0. The lowest BCUT2D eigenvalue weighted by Gasteiger charge is -2.08. The van der Waals surface area contributed by atoms with Crippen molar-refractivity contribution >= 4 is 16.7 Å².